The fourth-order valence-electron chi connectivity index (χ4n) is 7.70. The zero-order valence-electron chi connectivity index (χ0n) is 58.8. The molecule has 4 aromatic rings. The second kappa shape index (κ2) is 55.8. The van der Waals surface area contributed by atoms with E-state index in [2.05, 4.69) is 85.7 Å². The molecular formula is C68H88N8O20W4. The minimum absolute atomic E-state index is 0. The molecule has 4 heterocycles. The third-order valence-corrected chi connectivity index (χ3v) is 11.5. The second-order valence-corrected chi connectivity index (χ2v) is 21.6. The van der Waals surface area contributed by atoms with Gasteiger partial charge >= 0.3 is 84.3 Å². The van der Waals surface area contributed by atoms with Gasteiger partial charge in [-0.25, -0.2) is 0 Å². The maximum atomic E-state index is 12.2. The molecule has 100 heavy (non-hydrogen) atoms. The molecule has 544 valence electrons. The topological polar surface area (TPSA) is 383 Å². The van der Waals surface area contributed by atoms with Crippen molar-refractivity contribution in [3.63, 3.8) is 0 Å². The molecule has 4 N–H and O–H groups in total. The van der Waals surface area contributed by atoms with Gasteiger partial charge in [0, 0.05) is 106 Å². The number of hydrogen-bond donors (Lipinski definition) is 4. The Kier molecular flexibility index (Phi) is 55.5. The van der Waals surface area contributed by atoms with Gasteiger partial charge < -0.3 is 78.3 Å². The quantitative estimate of drug-likeness (QED) is 0.0626. The number of imide groups is 4. The molecule has 4 aliphatic heterocycles. The van der Waals surface area contributed by atoms with Crippen molar-refractivity contribution in [3.05, 3.63) is 141 Å². The Bertz CT molecular complexity index is 3070. The molecule has 8 rings (SSSR count). The zero-order chi connectivity index (χ0) is 72.5. The van der Waals surface area contributed by atoms with Gasteiger partial charge in [-0.1, -0.05) is 11.6 Å². The zero-order valence-corrected chi connectivity index (χ0v) is 70.5. The predicted molar refractivity (Wildman–Crippen MR) is 351 cm³/mol. The molecule has 0 spiro atoms. The summed E-state index contributed by atoms with van der Waals surface area (Å²) in [5.41, 5.74) is 0.919. The number of amides is 12. The molecule has 4 atom stereocenters. The summed E-state index contributed by atoms with van der Waals surface area (Å²) in [5, 5.41) is 24.1. The normalized spacial score (nSPS) is 16.1. The molecule has 4 saturated heterocycles. The van der Waals surface area contributed by atoms with Gasteiger partial charge in [0.15, 0.2) is 0 Å². The molecule has 4 fully saturated rings. The van der Waals surface area contributed by atoms with E-state index in [1.54, 1.807) is 124 Å². The third kappa shape index (κ3) is 41.1. The number of hydrogen-bond acceptors (Lipinski definition) is 20. The Morgan fingerprint density at radius 1 is 0.400 bits per heavy atom. The molecule has 0 aliphatic carbocycles. The maximum Gasteiger partial charge on any atom is 2.00 e. The summed E-state index contributed by atoms with van der Waals surface area (Å²) in [4.78, 5) is 139. The molecular weight excluding hydrogens is 1980 g/mol. The predicted octanol–water partition coefficient (Wildman–Crippen LogP) is 7.41. The molecule has 4 aromatic carbocycles. The van der Waals surface area contributed by atoms with E-state index in [1.165, 1.54) is 6.07 Å². The molecule has 12 amide bonds. The van der Waals surface area contributed by atoms with Gasteiger partial charge in [0.05, 0.1) is 24.4 Å². The fraction of sp³-hybridized carbons (Fsp3) is 0.471. The summed E-state index contributed by atoms with van der Waals surface area (Å²) in [5.74, 6) is -3.66. The third-order valence-electron chi connectivity index (χ3n) is 11.5. The van der Waals surface area contributed by atoms with E-state index >= 15 is 0 Å². The second-order valence-electron chi connectivity index (χ2n) is 21.6. The first-order valence-corrected chi connectivity index (χ1v) is 30.2. The first-order valence-electron chi connectivity index (χ1n) is 30.2. The van der Waals surface area contributed by atoms with E-state index in [0.717, 1.165) is 0 Å². The summed E-state index contributed by atoms with van der Waals surface area (Å²) in [6.07, 6.45) is 1.64. The number of nitrogens with one attached hydrogen (secondary N) is 4. The van der Waals surface area contributed by atoms with Gasteiger partial charge in [-0.3, -0.25) is 59.6 Å². The van der Waals surface area contributed by atoms with Crippen molar-refractivity contribution in [3.8, 4) is 23.0 Å². The van der Waals surface area contributed by atoms with E-state index in [1.807, 2.05) is 55.4 Å². The van der Waals surface area contributed by atoms with Crippen LogP contribution in [0, 0.1) is 24.3 Å². The Morgan fingerprint density at radius 2 is 0.770 bits per heavy atom. The monoisotopic (exact) mass is 2070 g/mol. The Hall–Kier alpha value is -6.89. The molecule has 0 aromatic heterocycles. The van der Waals surface area contributed by atoms with Gasteiger partial charge in [-0.05, 0) is 129 Å². The smallest absolute Gasteiger partial charge is 0.684 e. The van der Waals surface area contributed by atoms with Crippen molar-refractivity contribution in [2.45, 2.75) is 155 Å². The molecule has 4 unspecified atom stereocenters. The number of carbonyl (C=O) groups excluding carboxylic acids is 12. The molecule has 0 radical (unpaired) electrons. The van der Waals surface area contributed by atoms with Crippen molar-refractivity contribution >= 4 is 70.9 Å². The maximum absolute atomic E-state index is 12.2. The van der Waals surface area contributed by atoms with E-state index in [-0.39, 0.29) is 206 Å². The number of rotatable bonds is 16. The largest absolute Gasteiger partial charge is 2.00 e. The van der Waals surface area contributed by atoms with Crippen molar-refractivity contribution in [2.75, 3.05) is 56.9 Å². The average Bonchev–Trinajstić information content (AvgIpc) is 0.858. The standard InChI is InChI=1S/4C15H17N2O4.4C2H6O.4W/c1-9(2)21-11-5-3-10(4-6-11)14(19)16-12-7-8-13(18)17-15(12)20;2*1-9(2)21-11-5-3-4-10(8-11)14(19)16-12-6-7-13(18)17-15(12)20;1-9(2)21-12-6-4-3-5-10(12)14(19)16-11-7-8-13(18)17-15(11)20;4*1-3-2;;;;/h3,5-6,9,12H,7-8H2,1-2H3,(H2,16,17,18,19,20);3,5,8-9,12H,6-7H2,1-2H3,(H2,16,17,18,19,20);3-5,9,12H,6-7H2,1-2H3,(H2,16,17,18,19,20);3-4,6,9,11H,7-8H2,1-2H3,(H2,16,17,18,19,20);4*1-2H3;;;;/q4*-1;;;;;4*+2/p-4. The minimum atomic E-state index is -0.837. The van der Waals surface area contributed by atoms with Gasteiger partial charge in [-0.15, -0.1) is 108 Å². The van der Waals surface area contributed by atoms with E-state index in [0.29, 0.717) is 23.0 Å². The number of nitrogens with zero attached hydrogens (tertiary/aromatic N) is 4. The first kappa shape index (κ1) is 99.5. The van der Waals surface area contributed by atoms with Gasteiger partial charge in [0.2, 0.25) is 47.3 Å². The van der Waals surface area contributed by atoms with Crippen LogP contribution >= 0.6 is 0 Å². The Morgan fingerprint density at radius 3 is 1.14 bits per heavy atom. The molecule has 0 bridgehead atoms. The number of methoxy groups -OCH3 is 4. The summed E-state index contributed by atoms with van der Waals surface area (Å²) < 4.78 is 38.9. The van der Waals surface area contributed by atoms with Crippen molar-refractivity contribution in [2.24, 2.45) is 0 Å². The van der Waals surface area contributed by atoms with Gasteiger partial charge in [0.1, 0.15) is 0 Å². The van der Waals surface area contributed by atoms with Crippen LogP contribution in [0.3, 0.4) is 0 Å². The van der Waals surface area contributed by atoms with Crippen LogP contribution in [0.4, 0.5) is 0 Å². The van der Waals surface area contributed by atoms with Crippen LogP contribution in [0.2, 0.25) is 0 Å². The van der Waals surface area contributed by atoms with Crippen LogP contribution in [0.15, 0.2) is 72.8 Å². The van der Waals surface area contributed by atoms with Crippen molar-refractivity contribution < 1.29 is 180 Å². The summed E-state index contributed by atoms with van der Waals surface area (Å²) in [6, 6.07) is 27.3. The van der Waals surface area contributed by atoms with Crippen LogP contribution in [0.25, 0.3) is 21.3 Å². The van der Waals surface area contributed by atoms with Crippen LogP contribution in [-0.2, 0) is 142 Å². The number of piperidine rings is 4. The van der Waals surface area contributed by atoms with Crippen molar-refractivity contribution in [1.29, 1.82) is 0 Å². The van der Waals surface area contributed by atoms with Crippen LogP contribution in [-0.4, -0.2) is 176 Å². The average molecular weight is 2070 g/mol. The van der Waals surface area contributed by atoms with E-state index in [4.69, 9.17) is 18.9 Å². The number of benzene rings is 4. The van der Waals surface area contributed by atoms with E-state index < -0.39 is 71.4 Å². The summed E-state index contributed by atoms with van der Waals surface area (Å²) >= 11 is 0. The SMILES string of the molecule is CC(C)Oc1[c-]c(C(=O)[N-]C2CCC(=O)NC2=O)ccc1.CC(C)Oc1c[c-]c(C(=O)[N-]C2CCC(=O)NC2=O)cc1.CC(C)Oc1cc[c-]c(C(=O)[N-]C2CCC(=O)NC2=O)c1.CC(C)Oc1ccc[c-]c1C(=O)[N-]C1CCC(=O)NC1=O.COC.COC.COC.COC.[W+2].[W+2].[W+2].[W+2]. The number of ether oxygens (including phenoxy) is 8. The van der Waals surface area contributed by atoms with Crippen molar-refractivity contribution in [1.82, 2.24) is 21.3 Å². The van der Waals surface area contributed by atoms with Gasteiger partial charge in [-0.2, -0.15) is 0 Å². The number of carbonyl (C=O) groups is 12. The fourth-order valence-corrected chi connectivity index (χ4v) is 7.70. The van der Waals surface area contributed by atoms with Gasteiger partial charge in [0.25, 0.3) is 0 Å². The summed E-state index contributed by atoms with van der Waals surface area (Å²) in [6.45, 7) is 15.0. The molecule has 28 nitrogen and oxygen atoms in total. The first-order chi connectivity index (χ1) is 45.5. The van der Waals surface area contributed by atoms with Crippen LogP contribution < -0.4 is 40.2 Å². The summed E-state index contributed by atoms with van der Waals surface area (Å²) in [7, 11) is 13.0. The Labute approximate surface area is 642 Å². The minimum Gasteiger partial charge on any atom is -0.684 e. The molecule has 0 saturated carbocycles. The van der Waals surface area contributed by atoms with E-state index in [9.17, 15) is 57.5 Å². The van der Waals surface area contributed by atoms with Crippen LogP contribution in [0.1, 0.15) is 148 Å². The Balaban J connectivity index is -0.000000574. The molecule has 4 aliphatic rings. The van der Waals surface area contributed by atoms with Crippen LogP contribution in [0.5, 0.6) is 23.0 Å². The molecule has 32 heteroatoms.